The maximum atomic E-state index is 14.8. The van der Waals surface area contributed by atoms with Crippen LogP contribution in [0.25, 0.3) is 33.5 Å². The standard InChI is InChI=1S/C45H49F3N6O9S/c1-43(21-22-43)64(59,60)53-41(57)44-24-28(44)11-5-3-2-4-6-15-32(49-42(58)62-29-12-7-8-13-29)40(56)54-25-30(23-33(54)38(55)52-44)61-39-36-35(31-14-9-10-16-34(31)63-36)50-37(51-39)26-17-19-27(20-18-26)45(46,47)48/h5,9-11,14,16-20,28-30,32-33H,2-4,6-8,12-13,15,21-25H2,1H3,(H,49,58)(H,52,55)(H,53,57)/b11-5-/t28-,30-,32-,33-,44+/m0/s1. The first-order chi connectivity index (χ1) is 30.5. The van der Waals surface area contributed by atoms with Crippen LogP contribution < -0.4 is 20.1 Å². The number of carbonyl (C=O) groups is 4. The van der Waals surface area contributed by atoms with E-state index in [2.05, 4.69) is 25.3 Å². The first-order valence-corrected chi connectivity index (χ1v) is 23.4. The number of nitrogens with one attached hydrogen (secondary N) is 3. The zero-order chi connectivity index (χ0) is 45.0. The maximum absolute atomic E-state index is 14.8. The molecule has 5 aliphatic rings. The first-order valence-electron chi connectivity index (χ1n) is 21.9. The van der Waals surface area contributed by atoms with Gasteiger partial charge in [-0.1, -0.05) is 49.3 Å². The van der Waals surface area contributed by atoms with Crippen LogP contribution in [0, 0.1) is 5.92 Å². The van der Waals surface area contributed by atoms with Gasteiger partial charge in [-0.25, -0.2) is 18.2 Å². The summed E-state index contributed by atoms with van der Waals surface area (Å²) in [4.78, 5) is 67.3. The number of nitrogens with zero attached hydrogens (tertiary/aromatic N) is 3. The fourth-order valence-electron chi connectivity index (χ4n) is 9.02. The van der Waals surface area contributed by atoms with Crippen LogP contribution in [-0.2, 0) is 35.3 Å². The molecule has 19 heteroatoms. The Morgan fingerprint density at radius 3 is 2.42 bits per heavy atom. The fourth-order valence-corrected chi connectivity index (χ4v) is 10.3. The Hall–Kier alpha value is -5.72. The molecule has 0 spiro atoms. The number of rotatable bonds is 8. The van der Waals surface area contributed by atoms with E-state index in [1.165, 1.54) is 17.0 Å². The van der Waals surface area contributed by atoms with Crippen LogP contribution in [0.5, 0.6) is 5.88 Å². The Balaban J connectivity index is 1.06. The molecule has 0 radical (unpaired) electrons. The van der Waals surface area contributed by atoms with Gasteiger partial charge in [0, 0.05) is 23.3 Å². The summed E-state index contributed by atoms with van der Waals surface area (Å²) in [6.45, 7) is 1.36. The molecule has 0 bridgehead atoms. The van der Waals surface area contributed by atoms with Gasteiger partial charge in [0.1, 0.15) is 40.9 Å². The summed E-state index contributed by atoms with van der Waals surface area (Å²) in [6.07, 6.45) is 4.12. The van der Waals surface area contributed by atoms with Crippen molar-refractivity contribution in [3.63, 3.8) is 0 Å². The number of para-hydroxylation sites is 1. The molecule has 15 nitrogen and oxygen atoms in total. The number of ether oxygens (including phenoxy) is 2. The Morgan fingerprint density at radius 2 is 1.69 bits per heavy atom. The summed E-state index contributed by atoms with van der Waals surface area (Å²) in [5.74, 6) is -2.76. The lowest BCUT2D eigenvalue weighted by Gasteiger charge is -2.30. The van der Waals surface area contributed by atoms with E-state index in [0.29, 0.717) is 61.4 Å². The summed E-state index contributed by atoms with van der Waals surface area (Å²) in [7, 11) is -4.07. The molecule has 2 aromatic heterocycles. The highest BCUT2D eigenvalue weighted by atomic mass is 32.2. The van der Waals surface area contributed by atoms with Gasteiger partial charge < -0.3 is 29.4 Å². The van der Waals surface area contributed by atoms with E-state index in [9.17, 15) is 40.8 Å². The van der Waals surface area contributed by atoms with Gasteiger partial charge in [0.15, 0.2) is 5.82 Å². The molecular formula is C45H49F3N6O9S. The van der Waals surface area contributed by atoms with Crippen LogP contribution in [-0.4, -0.2) is 88.2 Å². The number of hydrogen-bond donors (Lipinski definition) is 3. The molecule has 3 saturated carbocycles. The van der Waals surface area contributed by atoms with Crippen molar-refractivity contribution in [2.45, 2.75) is 131 Å². The lowest BCUT2D eigenvalue weighted by Crippen LogP contribution is -2.58. The lowest BCUT2D eigenvalue weighted by molar-refractivity contribution is -0.141. The largest absolute Gasteiger partial charge is 0.470 e. The first kappa shape index (κ1) is 43.5. The molecule has 64 heavy (non-hydrogen) atoms. The molecule has 4 heterocycles. The molecule has 4 fully saturated rings. The average molecular weight is 907 g/mol. The molecule has 5 atom stereocenters. The van der Waals surface area contributed by atoms with Crippen LogP contribution in [0.4, 0.5) is 18.0 Å². The van der Waals surface area contributed by atoms with Crippen molar-refractivity contribution in [1.82, 2.24) is 30.2 Å². The SMILES string of the molecule is CC1(S(=O)(=O)NC(=O)[C@@]23C[C@@H]2/C=C\CCCCC[C@H](NC(=O)OC2CCCC2)C(=O)N2C[C@@H](Oc4nc(-c5ccc(C(F)(F)F)cc5)nc5c4oc4ccccc45)C[C@H]2C(=O)N3)CC1. The zero-order valence-corrected chi connectivity index (χ0v) is 35.9. The summed E-state index contributed by atoms with van der Waals surface area (Å²) in [6, 6.07) is 8.98. The highest BCUT2D eigenvalue weighted by molar-refractivity contribution is 7.91. The maximum Gasteiger partial charge on any atom is 0.416 e. The third kappa shape index (κ3) is 8.62. The van der Waals surface area contributed by atoms with Crippen LogP contribution in [0.2, 0.25) is 0 Å². The summed E-state index contributed by atoms with van der Waals surface area (Å²) in [5, 5.41) is 6.21. The van der Waals surface area contributed by atoms with Gasteiger partial charge >= 0.3 is 12.3 Å². The van der Waals surface area contributed by atoms with Crippen molar-refractivity contribution in [2.75, 3.05) is 6.54 Å². The molecule has 3 aliphatic carbocycles. The van der Waals surface area contributed by atoms with E-state index in [1.54, 1.807) is 31.2 Å². The third-order valence-corrected chi connectivity index (χ3v) is 15.4. The number of fused-ring (bicyclic) bond motifs is 5. The lowest BCUT2D eigenvalue weighted by atomic mass is 10.0. The number of alkyl halides is 3. The highest BCUT2D eigenvalue weighted by Crippen LogP contribution is 2.48. The van der Waals surface area contributed by atoms with Crippen molar-refractivity contribution >= 4 is 55.9 Å². The molecule has 2 aliphatic heterocycles. The second kappa shape index (κ2) is 16.7. The molecular weight excluding hydrogens is 858 g/mol. The fraction of sp³-hybridized carbons (Fsp3) is 0.511. The number of hydrogen-bond acceptors (Lipinski definition) is 11. The number of amides is 4. The van der Waals surface area contributed by atoms with E-state index in [1.807, 2.05) is 12.2 Å². The number of furan rings is 1. The number of sulfonamides is 1. The van der Waals surface area contributed by atoms with Crippen molar-refractivity contribution in [3.05, 3.63) is 66.2 Å². The van der Waals surface area contributed by atoms with Crippen molar-refractivity contribution in [1.29, 1.82) is 0 Å². The quantitative estimate of drug-likeness (QED) is 0.157. The van der Waals surface area contributed by atoms with Crippen LogP contribution in [0.15, 0.2) is 65.1 Å². The number of halogens is 3. The number of aromatic nitrogens is 2. The third-order valence-electron chi connectivity index (χ3n) is 13.3. The van der Waals surface area contributed by atoms with E-state index in [0.717, 1.165) is 31.4 Å². The number of benzene rings is 2. The summed E-state index contributed by atoms with van der Waals surface area (Å²) in [5.41, 5.74) is -1.34. The Labute approximate surface area is 366 Å². The molecule has 4 aromatic rings. The minimum atomic E-state index is -4.57. The topological polar surface area (TPSA) is 199 Å². The van der Waals surface area contributed by atoms with Gasteiger partial charge in [-0.2, -0.15) is 18.2 Å². The van der Waals surface area contributed by atoms with Gasteiger partial charge in [-0.05, 0) is 95.4 Å². The number of allylic oxidation sites excluding steroid dienone is 1. The van der Waals surface area contributed by atoms with Gasteiger partial charge in [-0.15, -0.1) is 0 Å². The second-order valence-electron chi connectivity index (χ2n) is 17.9. The van der Waals surface area contributed by atoms with Crippen molar-refractivity contribution < 1.29 is 54.7 Å². The van der Waals surface area contributed by atoms with E-state index in [4.69, 9.17) is 13.9 Å². The molecule has 4 amide bonds. The number of carbonyl (C=O) groups excluding carboxylic acids is 4. The van der Waals surface area contributed by atoms with Crippen LogP contribution in [0.3, 0.4) is 0 Å². The van der Waals surface area contributed by atoms with E-state index >= 15 is 0 Å². The Morgan fingerprint density at radius 1 is 0.953 bits per heavy atom. The molecule has 340 valence electrons. The minimum Gasteiger partial charge on any atom is -0.470 e. The normalized spacial score (nSPS) is 26.8. The predicted molar refractivity (Wildman–Crippen MR) is 226 cm³/mol. The van der Waals surface area contributed by atoms with E-state index in [-0.39, 0.29) is 54.8 Å². The Kier molecular flexibility index (Phi) is 11.3. The number of alkyl carbamates (subject to hydrolysis) is 1. The molecule has 3 N–H and O–H groups in total. The van der Waals surface area contributed by atoms with Crippen LogP contribution in [0.1, 0.15) is 96.0 Å². The zero-order valence-electron chi connectivity index (χ0n) is 35.1. The smallest absolute Gasteiger partial charge is 0.416 e. The summed E-state index contributed by atoms with van der Waals surface area (Å²) < 4.78 is 86.5. The van der Waals surface area contributed by atoms with Gasteiger partial charge in [0.05, 0.1) is 16.9 Å². The average Bonchev–Trinajstić information content (AvgIpc) is 3.92. The molecule has 9 rings (SSSR count). The monoisotopic (exact) mass is 906 g/mol. The van der Waals surface area contributed by atoms with Crippen LogP contribution >= 0.6 is 0 Å². The van der Waals surface area contributed by atoms with Gasteiger partial charge in [-0.3, -0.25) is 19.1 Å². The second-order valence-corrected chi connectivity index (χ2v) is 20.1. The van der Waals surface area contributed by atoms with Crippen molar-refractivity contribution in [2.24, 2.45) is 5.92 Å². The minimum absolute atomic E-state index is 0.0327. The van der Waals surface area contributed by atoms with Gasteiger partial charge in [0.25, 0.3) is 11.8 Å². The Bertz CT molecular complexity index is 2630. The highest BCUT2D eigenvalue weighted by Gasteiger charge is 2.63. The van der Waals surface area contributed by atoms with E-state index < -0.39 is 80.0 Å². The molecule has 2 aromatic carbocycles. The van der Waals surface area contributed by atoms with Crippen molar-refractivity contribution in [3.8, 4) is 17.3 Å². The predicted octanol–water partition coefficient (Wildman–Crippen LogP) is 6.84. The molecule has 1 saturated heterocycles. The molecule has 0 unspecified atom stereocenters. The summed E-state index contributed by atoms with van der Waals surface area (Å²) >= 11 is 0. The van der Waals surface area contributed by atoms with Gasteiger partial charge in [0.2, 0.25) is 27.4 Å².